The molecule has 3 aromatic rings. The number of benzene rings is 2. The number of halogens is 4. The van der Waals surface area contributed by atoms with E-state index in [1.165, 1.54) is 30.1 Å². The normalized spacial score (nSPS) is 11.3. The summed E-state index contributed by atoms with van der Waals surface area (Å²) in [5.41, 5.74) is 1.24. The number of hydrogen-bond acceptors (Lipinski definition) is 4. The average Bonchev–Trinajstić information content (AvgIpc) is 2.68. The van der Waals surface area contributed by atoms with E-state index in [4.69, 9.17) is 11.6 Å². The second-order valence-corrected chi connectivity index (χ2v) is 7.51. The first kappa shape index (κ1) is 21.1. The van der Waals surface area contributed by atoms with E-state index in [2.05, 4.69) is 15.3 Å². The number of rotatable bonds is 5. The summed E-state index contributed by atoms with van der Waals surface area (Å²) in [4.78, 5) is 20.7. The summed E-state index contributed by atoms with van der Waals surface area (Å²) in [7, 11) is 0. The largest absolute Gasteiger partial charge is 0.416 e. The molecule has 29 heavy (non-hydrogen) atoms. The highest BCUT2D eigenvalue weighted by Crippen LogP contribution is 2.31. The molecule has 0 saturated heterocycles. The predicted octanol–water partition coefficient (Wildman–Crippen LogP) is 6.00. The second kappa shape index (κ2) is 8.84. The van der Waals surface area contributed by atoms with E-state index in [-0.39, 0.29) is 16.4 Å². The van der Waals surface area contributed by atoms with Crippen LogP contribution in [-0.2, 0) is 11.9 Å². The van der Waals surface area contributed by atoms with Crippen molar-refractivity contribution in [1.29, 1.82) is 0 Å². The van der Waals surface area contributed by atoms with Gasteiger partial charge in [0.05, 0.1) is 16.8 Å². The number of alkyl halides is 3. The number of anilines is 1. The van der Waals surface area contributed by atoms with Gasteiger partial charge in [0.1, 0.15) is 0 Å². The summed E-state index contributed by atoms with van der Waals surface area (Å²) in [6, 6.07) is 12.3. The highest BCUT2D eigenvalue weighted by molar-refractivity contribution is 7.98. The van der Waals surface area contributed by atoms with Crippen molar-refractivity contribution in [2.24, 2.45) is 0 Å². The lowest BCUT2D eigenvalue weighted by Crippen LogP contribution is -2.16. The first-order chi connectivity index (χ1) is 13.7. The Balaban J connectivity index is 1.73. The van der Waals surface area contributed by atoms with Crippen LogP contribution in [0.15, 0.2) is 59.9 Å². The summed E-state index contributed by atoms with van der Waals surface area (Å²) in [6.45, 7) is 1.99. The van der Waals surface area contributed by atoms with Crippen LogP contribution < -0.4 is 5.32 Å². The quantitative estimate of drug-likeness (QED) is 0.393. The predicted molar refractivity (Wildman–Crippen MR) is 107 cm³/mol. The van der Waals surface area contributed by atoms with Crippen LogP contribution in [0.4, 0.5) is 18.9 Å². The van der Waals surface area contributed by atoms with Crippen LogP contribution in [0, 0.1) is 6.92 Å². The number of hydrogen-bond donors (Lipinski definition) is 1. The molecule has 0 atom stereocenters. The fourth-order valence-corrected chi connectivity index (χ4v) is 3.32. The van der Waals surface area contributed by atoms with Gasteiger partial charge in [-0.2, -0.15) is 13.2 Å². The maximum Gasteiger partial charge on any atom is 0.416 e. The molecule has 0 aliphatic rings. The van der Waals surface area contributed by atoms with Crippen molar-refractivity contribution in [3.63, 3.8) is 0 Å². The summed E-state index contributed by atoms with van der Waals surface area (Å²) in [5.74, 6) is -0.120. The number of amides is 1. The Hall–Kier alpha value is -2.58. The van der Waals surface area contributed by atoms with Gasteiger partial charge in [0.2, 0.25) is 0 Å². The van der Waals surface area contributed by atoms with Gasteiger partial charge in [-0.3, -0.25) is 4.79 Å². The van der Waals surface area contributed by atoms with Crippen LogP contribution in [0.3, 0.4) is 0 Å². The molecule has 0 spiro atoms. The van der Waals surface area contributed by atoms with Crippen molar-refractivity contribution in [1.82, 2.24) is 9.97 Å². The van der Waals surface area contributed by atoms with Gasteiger partial charge >= 0.3 is 6.18 Å². The maximum atomic E-state index is 12.8. The van der Waals surface area contributed by atoms with Gasteiger partial charge in [0.15, 0.2) is 10.9 Å². The molecule has 0 aliphatic heterocycles. The zero-order valence-electron chi connectivity index (χ0n) is 15.1. The van der Waals surface area contributed by atoms with Crippen molar-refractivity contribution in [3.05, 3.63) is 82.1 Å². The molecule has 150 valence electrons. The molecule has 1 amide bonds. The van der Waals surface area contributed by atoms with Crippen molar-refractivity contribution >= 4 is 35.0 Å². The molecule has 0 aliphatic carbocycles. The third kappa shape index (κ3) is 5.71. The number of aromatic nitrogens is 2. The molecule has 0 unspecified atom stereocenters. The number of thioether (sulfide) groups is 1. The zero-order chi connectivity index (χ0) is 21.0. The summed E-state index contributed by atoms with van der Waals surface area (Å²) in [5, 5.41) is 2.74. The van der Waals surface area contributed by atoms with E-state index in [0.717, 1.165) is 23.3 Å². The van der Waals surface area contributed by atoms with Gasteiger partial charge in [0, 0.05) is 11.4 Å². The SMILES string of the molecule is Cc1ccc(CSc2ncc(Cl)c(C(=O)Nc3cccc(C(F)(F)F)c3)n2)cc1. The molecule has 9 heteroatoms. The molecule has 0 fully saturated rings. The minimum atomic E-state index is -4.51. The Bertz CT molecular complexity index is 1030. The van der Waals surface area contributed by atoms with Crippen LogP contribution in [-0.4, -0.2) is 15.9 Å². The number of nitrogens with zero attached hydrogens (tertiary/aromatic N) is 2. The monoisotopic (exact) mass is 437 g/mol. The lowest BCUT2D eigenvalue weighted by molar-refractivity contribution is -0.137. The molecule has 1 aromatic heterocycles. The van der Waals surface area contributed by atoms with Crippen molar-refractivity contribution in [3.8, 4) is 0 Å². The van der Waals surface area contributed by atoms with Crippen molar-refractivity contribution in [2.45, 2.75) is 24.0 Å². The third-order valence-electron chi connectivity index (χ3n) is 3.87. The average molecular weight is 438 g/mol. The van der Waals surface area contributed by atoms with Crippen molar-refractivity contribution < 1.29 is 18.0 Å². The Morgan fingerprint density at radius 2 is 1.90 bits per heavy atom. The minimum Gasteiger partial charge on any atom is -0.321 e. The number of carbonyl (C=O) groups excluding carboxylic acids is 1. The van der Waals surface area contributed by atoms with Gasteiger partial charge in [-0.05, 0) is 30.7 Å². The van der Waals surface area contributed by atoms with Crippen molar-refractivity contribution in [2.75, 3.05) is 5.32 Å². The molecule has 2 aromatic carbocycles. The standard InChI is InChI=1S/C20H15ClF3N3OS/c1-12-5-7-13(8-6-12)11-29-19-25-10-16(21)17(27-19)18(28)26-15-4-2-3-14(9-15)20(22,23)24/h2-10H,11H2,1H3,(H,26,28). The summed E-state index contributed by atoms with van der Waals surface area (Å²) >= 11 is 7.34. The number of aryl methyl sites for hydroxylation is 1. The Morgan fingerprint density at radius 1 is 1.17 bits per heavy atom. The Kier molecular flexibility index (Phi) is 6.44. The van der Waals surface area contributed by atoms with E-state index in [9.17, 15) is 18.0 Å². The summed E-state index contributed by atoms with van der Waals surface area (Å²) < 4.78 is 38.5. The Morgan fingerprint density at radius 3 is 2.59 bits per heavy atom. The first-order valence-electron chi connectivity index (χ1n) is 8.42. The molecule has 1 N–H and O–H groups in total. The third-order valence-corrected chi connectivity index (χ3v) is 5.08. The summed E-state index contributed by atoms with van der Waals surface area (Å²) in [6.07, 6.45) is -3.21. The minimum absolute atomic E-state index is 0.00615. The fraction of sp³-hybridized carbons (Fsp3) is 0.150. The van der Waals surface area contributed by atoms with Crippen LogP contribution in [0.1, 0.15) is 27.2 Å². The van der Waals surface area contributed by atoms with Gasteiger partial charge in [-0.15, -0.1) is 0 Å². The number of nitrogens with one attached hydrogen (secondary N) is 1. The van der Waals surface area contributed by atoms with Crippen LogP contribution in [0.2, 0.25) is 5.02 Å². The zero-order valence-corrected chi connectivity index (χ0v) is 16.7. The lowest BCUT2D eigenvalue weighted by Gasteiger charge is -2.10. The van der Waals surface area contributed by atoms with Gasteiger partial charge in [-0.25, -0.2) is 9.97 Å². The second-order valence-electron chi connectivity index (χ2n) is 6.16. The van der Waals surface area contributed by atoms with E-state index in [1.54, 1.807) is 0 Å². The molecular weight excluding hydrogens is 423 g/mol. The van der Waals surface area contributed by atoms with E-state index in [1.807, 2.05) is 31.2 Å². The van der Waals surface area contributed by atoms with Crippen LogP contribution >= 0.6 is 23.4 Å². The Labute approximate surface area is 174 Å². The topological polar surface area (TPSA) is 54.9 Å². The molecule has 4 nitrogen and oxygen atoms in total. The molecule has 0 saturated carbocycles. The highest BCUT2D eigenvalue weighted by atomic mass is 35.5. The number of carbonyl (C=O) groups is 1. The maximum absolute atomic E-state index is 12.8. The van der Waals surface area contributed by atoms with Gasteiger partial charge < -0.3 is 5.32 Å². The van der Waals surface area contributed by atoms with E-state index < -0.39 is 17.6 Å². The molecule has 0 radical (unpaired) electrons. The molecule has 0 bridgehead atoms. The van der Waals surface area contributed by atoms with E-state index in [0.29, 0.717) is 10.9 Å². The molecule has 1 heterocycles. The first-order valence-corrected chi connectivity index (χ1v) is 9.78. The van der Waals surface area contributed by atoms with E-state index >= 15 is 0 Å². The van der Waals surface area contributed by atoms with Crippen LogP contribution in [0.5, 0.6) is 0 Å². The lowest BCUT2D eigenvalue weighted by atomic mass is 10.2. The van der Waals surface area contributed by atoms with Gasteiger partial charge in [0.25, 0.3) is 5.91 Å². The van der Waals surface area contributed by atoms with Crippen LogP contribution in [0.25, 0.3) is 0 Å². The molecule has 3 rings (SSSR count). The van der Waals surface area contributed by atoms with Gasteiger partial charge in [-0.1, -0.05) is 59.3 Å². The fourth-order valence-electron chi connectivity index (χ4n) is 2.38. The highest BCUT2D eigenvalue weighted by Gasteiger charge is 2.30. The smallest absolute Gasteiger partial charge is 0.321 e. The molecular formula is C20H15ClF3N3OS.